The topological polar surface area (TPSA) is 107 Å². The van der Waals surface area contributed by atoms with Crippen LogP contribution in [0, 0.1) is 46.3 Å². The van der Waals surface area contributed by atoms with Crippen molar-refractivity contribution in [2.24, 2.45) is 46.3 Å². The Balaban J connectivity index is 1.61. The lowest BCUT2D eigenvalue weighted by Crippen LogP contribution is -2.66. The maximum absolute atomic E-state index is 11.7. The molecule has 0 spiro atoms. The van der Waals surface area contributed by atoms with Gasteiger partial charge in [0.05, 0.1) is 31.5 Å². The molecule has 4 aliphatic rings. The average molecular weight is 439 g/mol. The summed E-state index contributed by atoms with van der Waals surface area (Å²) in [7, 11) is 1.42. The van der Waals surface area contributed by atoms with E-state index in [0.717, 1.165) is 32.1 Å². The second-order valence-corrected chi connectivity index (χ2v) is 11.7. The summed E-state index contributed by atoms with van der Waals surface area (Å²) in [6, 6.07) is 0. The molecule has 0 radical (unpaired) electrons. The summed E-state index contributed by atoms with van der Waals surface area (Å²) in [5, 5.41) is 44.2. The van der Waals surface area contributed by atoms with Gasteiger partial charge in [-0.25, -0.2) is 0 Å². The van der Waals surface area contributed by atoms with Crippen LogP contribution >= 0.6 is 0 Å². The van der Waals surface area contributed by atoms with E-state index in [-0.39, 0.29) is 52.3 Å². The molecule has 6 nitrogen and oxygen atoms in total. The number of fused-ring (bicyclic) bond motifs is 5. The van der Waals surface area contributed by atoms with Gasteiger partial charge in [-0.3, -0.25) is 4.79 Å². The van der Waals surface area contributed by atoms with Crippen LogP contribution in [0.4, 0.5) is 0 Å². The average Bonchev–Trinajstić information content (AvgIpc) is 3.10. The summed E-state index contributed by atoms with van der Waals surface area (Å²) in [6.07, 6.45) is 3.27. The van der Waals surface area contributed by atoms with Gasteiger partial charge in [0, 0.05) is 6.42 Å². The Labute approximate surface area is 186 Å². The molecule has 6 heteroatoms. The number of carbonyl (C=O) groups is 1. The van der Waals surface area contributed by atoms with Crippen molar-refractivity contribution in [3.05, 3.63) is 0 Å². The number of hydrogen-bond donors (Lipinski definition) is 4. The molecule has 4 aliphatic carbocycles. The van der Waals surface area contributed by atoms with Crippen molar-refractivity contribution < 1.29 is 30.0 Å². The third-order valence-corrected chi connectivity index (χ3v) is 10.6. The van der Waals surface area contributed by atoms with Crippen molar-refractivity contribution in [1.82, 2.24) is 0 Å². The molecule has 0 aromatic heterocycles. The number of rotatable bonds is 4. The lowest BCUT2D eigenvalue weighted by Gasteiger charge is -2.64. The van der Waals surface area contributed by atoms with Crippen molar-refractivity contribution in [2.75, 3.05) is 7.11 Å². The first kappa shape index (κ1) is 23.5. The fourth-order valence-corrected chi connectivity index (χ4v) is 8.82. The molecule has 4 saturated carbocycles. The Morgan fingerprint density at radius 2 is 1.71 bits per heavy atom. The van der Waals surface area contributed by atoms with Gasteiger partial charge in [0.15, 0.2) is 0 Å². The van der Waals surface area contributed by atoms with E-state index in [4.69, 9.17) is 4.74 Å². The van der Waals surface area contributed by atoms with Crippen LogP contribution in [-0.4, -0.2) is 57.9 Å². The first-order valence-electron chi connectivity index (χ1n) is 12.3. The molecular formula is C25H42O6. The predicted molar refractivity (Wildman–Crippen MR) is 116 cm³/mol. The first-order chi connectivity index (χ1) is 14.6. The van der Waals surface area contributed by atoms with E-state index in [9.17, 15) is 25.2 Å². The number of esters is 1. The Bertz CT molecular complexity index is 683. The third kappa shape index (κ3) is 3.48. The van der Waals surface area contributed by atoms with Gasteiger partial charge in [-0.2, -0.15) is 0 Å². The normalized spacial score (nSPS) is 52.6. The minimum atomic E-state index is -0.823. The molecule has 0 aliphatic heterocycles. The van der Waals surface area contributed by atoms with Crippen molar-refractivity contribution in [2.45, 2.75) is 96.6 Å². The van der Waals surface area contributed by atoms with E-state index in [0.29, 0.717) is 19.3 Å². The number of aliphatic hydroxyl groups excluding tert-OH is 4. The van der Waals surface area contributed by atoms with Crippen molar-refractivity contribution in [3.63, 3.8) is 0 Å². The fourth-order valence-electron chi connectivity index (χ4n) is 8.82. The van der Waals surface area contributed by atoms with Crippen LogP contribution in [-0.2, 0) is 9.53 Å². The number of ether oxygens (including phenoxy) is 1. The van der Waals surface area contributed by atoms with Gasteiger partial charge < -0.3 is 25.2 Å². The molecule has 4 rings (SSSR count). The molecule has 4 N–H and O–H groups in total. The summed E-state index contributed by atoms with van der Waals surface area (Å²) >= 11 is 0. The standard InChI is InChI=1S/C25H42O6/c1-13(5-8-20(28)31-4)15-6-7-16-21-17(12-19(27)25(15,16)3)24(2)10-9-14(26)11-18(24)22(29)23(21)30/h13-19,21-23,26-27,29-30H,5-12H2,1-4H3/t13-,14?,15+,16?,17?,18+,19-,21?,22-,23+,24+,25+/m0/s1. The lowest BCUT2D eigenvalue weighted by molar-refractivity contribution is -0.243. The number of methoxy groups -OCH3 is 1. The van der Waals surface area contributed by atoms with Gasteiger partial charge in [-0.05, 0) is 91.3 Å². The smallest absolute Gasteiger partial charge is 0.305 e. The highest BCUT2D eigenvalue weighted by Gasteiger charge is 2.67. The number of carbonyl (C=O) groups excluding carboxylic acids is 1. The number of hydrogen-bond acceptors (Lipinski definition) is 6. The zero-order valence-corrected chi connectivity index (χ0v) is 19.5. The van der Waals surface area contributed by atoms with Gasteiger partial charge >= 0.3 is 5.97 Å². The molecule has 0 saturated heterocycles. The molecule has 0 heterocycles. The van der Waals surface area contributed by atoms with Crippen LogP contribution in [0.1, 0.15) is 72.1 Å². The summed E-state index contributed by atoms with van der Waals surface area (Å²) in [5.41, 5.74) is -0.492. The van der Waals surface area contributed by atoms with Crippen molar-refractivity contribution >= 4 is 5.97 Å². The molecular weight excluding hydrogens is 396 g/mol. The van der Waals surface area contributed by atoms with Gasteiger partial charge in [0.25, 0.3) is 0 Å². The maximum Gasteiger partial charge on any atom is 0.305 e. The molecule has 4 fully saturated rings. The monoisotopic (exact) mass is 438 g/mol. The molecule has 0 aromatic carbocycles. The van der Waals surface area contributed by atoms with E-state index < -0.39 is 24.4 Å². The minimum absolute atomic E-state index is 0.0299. The highest BCUT2D eigenvalue weighted by Crippen LogP contribution is 2.68. The summed E-state index contributed by atoms with van der Waals surface area (Å²) in [5.74, 6) is 0.514. The van der Waals surface area contributed by atoms with E-state index in [1.54, 1.807) is 0 Å². The molecule has 12 atom stereocenters. The Morgan fingerprint density at radius 3 is 2.39 bits per heavy atom. The van der Waals surface area contributed by atoms with Crippen LogP contribution in [0.3, 0.4) is 0 Å². The molecule has 0 aromatic rings. The number of aliphatic hydroxyl groups is 4. The van der Waals surface area contributed by atoms with E-state index in [1.165, 1.54) is 7.11 Å². The molecule has 31 heavy (non-hydrogen) atoms. The molecule has 4 unspecified atom stereocenters. The first-order valence-corrected chi connectivity index (χ1v) is 12.3. The second-order valence-electron chi connectivity index (χ2n) is 11.7. The zero-order chi connectivity index (χ0) is 22.7. The highest BCUT2D eigenvalue weighted by atomic mass is 16.5. The van der Waals surface area contributed by atoms with Crippen molar-refractivity contribution in [3.8, 4) is 0 Å². The SMILES string of the molecule is COC(=O)CC[C@H](C)[C@H]1CCC2C3C(C[C@H](O)[C@@]21C)[C@@]1(C)CCC(O)C[C@@H]1[C@H](O)[C@@H]3O. The summed E-state index contributed by atoms with van der Waals surface area (Å²) in [6.45, 7) is 6.58. The Kier molecular flexibility index (Phi) is 6.26. The molecule has 178 valence electrons. The van der Waals surface area contributed by atoms with Crippen LogP contribution in [0.5, 0.6) is 0 Å². The fraction of sp³-hybridized carbons (Fsp3) is 0.960. The van der Waals surface area contributed by atoms with Crippen molar-refractivity contribution in [1.29, 1.82) is 0 Å². The van der Waals surface area contributed by atoms with Gasteiger partial charge in [0.1, 0.15) is 0 Å². The Morgan fingerprint density at radius 1 is 1.00 bits per heavy atom. The summed E-state index contributed by atoms with van der Waals surface area (Å²) < 4.78 is 4.81. The predicted octanol–water partition coefficient (Wildman–Crippen LogP) is 2.51. The summed E-state index contributed by atoms with van der Waals surface area (Å²) in [4.78, 5) is 11.7. The Hall–Kier alpha value is -0.690. The van der Waals surface area contributed by atoms with E-state index in [2.05, 4.69) is 20.8 Å². The van der Waals surface area contributed by atoms with E-state index >= 15 is 0 Å². The molecule has 0 amide bonds. The highest BCUT2D eigenvalue weighted by molar-refractivity contribution is 5.69. The minimum Gasteiger partial charge on any atom is -0.469 e. The van der Waals surface area contributed by atoms with Gasteiger partial charge in [-0.15, -0.1) is 0 Å². The van der Waals surface area contributed by atoms with Crippen LogP contribution < -0.4 is 0 Å². The quantitative estimate of drug-likeness (QED) is 0.503. The largest absolute Gasteiger partial charge is 0.469 e. The zero-order valence-electron chi connectivity index (χ0n) is 19.5. The van der Waals surface area contributed by atoms with Gasteiger partial charge in [-0.1, -0.05) is 20.8 Å². The lowest BCUT2D eigenvalue weighted by atomic mass is 9.42. The van der Waals surface area contributed by atoms with Gasteiger partial charge in [0.2, 0.25) is 0 Å². The molecule has 0 bridgehead atoms. The van der Waals surface area contributed by atoms with Crippen LogP contribution in [0.25, 0.3) is 0 Å². The maximum atomic E-state index is 11.7. The van der Waals surface area contributed by atoms with Crippen LogP contribution in [0.15, 0.2) is 0 Å². The van der Waals surface area contributed by atoms with E-state index in [1.807, 2.05) is 0 Å². The third-order valence-electron chi connectivity index (χ3n) is 10.6. The second kappa shape index (κ2) is 8.27. The van der Waals surface area contributed by atoms with Crippen LogP contribution in [0.2, 0.25) is 0 Å².